The molecule has 0 radical (unpaired) electrons. The van der Waals surface area contributed by atoms with Gasteiger partial charge in [0.25, 0.3) is 0 Å². The molecule has 0 aliphatic carbocycles. The maximum atomic E-state index is 12.3. The average Bonchev–Trinajstić information content (AvgIpc) is 2.81. The molecule has 0 bridgehead atoms. The number of amides is 6. The standard InChI is InChI=1S/C18H22N4O5/c1-5-21-16(25)17(26)22(18(21)27)10-14(24)20(4)9-13(23)19-15-11(2)7-6-8-12(15)3/h6-8H,5,9-10H2,1-4H3,(H,19,23). The van der Waals surface area contributed by atoms with E-state index in [9.17, 15) is 24.0 Å². The fourth-order valence-electron chi connectivity index (χ4n) is 2.72. The molecule has 144 valence electrons. The van der Waals surface area contributed by atoms with Gasteiger partial charge in [-0.05, 0) is 31.9 Å². The molecule has 1 heterocycles. The number of nitrogens with one attached hydrogen (secondary N) is 1. The van der Waals surface area contributed by atoms with Crippen LogP contribution in [0.4, 0.5) is 10.5 Å². The van der Waals surface area contributed by atoms with Crippen LogP contribution < -0.4 is 5.32 Å². The van der Waals surface area contributed by atoms with E-state index < -0.39 is 36.2 Å². The highest BCUT2D eigenvalue weighted by Crippen LogP contribution is 2.19. The van der Waals surface area contributed by atoms with E-state index in [1.165, 1.54) is 7.05 Å². The minimum absolute atomic E-state index is 0.0438. The van der Waals surface area contributed by atoms with Crippen molar-refractivity contribution < 1.29 is 24.0 Å². The summed E-state index contributed by atoms with van der Waals surface area (Å²) in [6.45, 7) is 4.47. The van der Waals surface area contributed by atoms with Gasteiger partial charge in [0.15, 0.2) is 0 Å². The fraction of sp³-hybridized carbons (Fsp3) is 0.389. The number of nitrogens with zero attached hydrogens (tertiary/aromatic N) is 3. The zero-order chi connectivity index (χ0) is 20.3. The maximum Gasteiger partial charge on any atom is 0.334 e. The van der Waals surface area contributed by atoms with Crippen LogP contribution >= 0.6 is 0 Å². The van der Waals surface area contributed by atoms with Crippen molar-refractivity contribution >= 4 is 35.3 Å². The predicted molar refractivity (Wildman–Crippen MR) is 96.7 cm³/mol. The van der Waals surface area contributed by atoms with E-state index in [0.717, 1.165) is 20.9 Å². The SMILES string of the molecule is CCN1C(=O)C(=O)N(CC(=O)N(C)CC(=O)Nc2c(C)cccc2C)C1=O. The molecule has 0 atom stereocenters. The molecule has 6 amide bonds. The number of benzene rings is 1. The summed E-state index contributed by atoms with van der Waals surface area (Å²) in [7, 11) is 1.39. The number of urea groups is 1. The molecule has 27 heavy (non-hydrogen) atoms. The van der Waals surface area contributed by atoms with Crippen LogP contribution in [0.15, 0.2) is 18.2 Å². The second kappa shape index (κ2) is 7.98. The van der Waals surface area contributed by atoms with Gasteiger partial charge >= 0.3 is 17.8 Å². The van der Waals surface area contributed by atoms with Crippen LogP contribution in [0.1, 0.15) is 18.1 Å². The molecule has 1 aliphatic rings. The number of para-hydroxylation sites is 1. The molecule has 1 fully saturated rings. The van der Waals surface area contributed by atoms with Gasteiger partial charge in [-0.15, -0.1) is 0 Å². The summed E-state index contributed by atoms with van der Waals surface area (Å²) >= 11 is 0. The van der Waals surface area contributed by atoms with E-state index in [1.54, 1.807) is 6.92 Å². The van der Waals surface area contributed by atoms with E-state index in [2.05, 4.69) is 5.32 Å². The zero-order valence-electron chi connectivity index (χ0n) is 15.7. The van der Waals surface area contributed by atoms with Crippen molar-refractivity contribution in [2.24, 2.45) is 0 Å². The molecule has 1 saturated heterocycles. The van der Waals surface area contributed by atoms with Crippen molar-refractivity contribution in [2.75, 3.05) is 32.0 Å². The zero-order valence-corrected chi connectivity index (χ0v) is 15.7. The lowest BCUT2D eigenvalue weighted by Gasteiger charge is -2.20. The number of anilines is 1. The molecule has 0 aromatic heterocycles. The Balaban J connectivity index is 1.98. The molecular formula is C18H22N4O5. The van der Waals surface area contributed by atoms with Gasteiger partial charge in [-0.1, -0.05) is 18.2 Å². The Bertz CT molecular complexity index is 800. The second-order valence-electron chi connectivity index (χ2n) is 6.29. The van der Waals surface area contributed by atoms with Crippen molar-refractivity contribution in [3.8, 4) is 0 Å². The number of hydrogen-bond donors (Lipinski definition) is 1. The van der Waals surface area contributed by atoms with Gasteiger partial charge in [-0.2, -0.15) is 0 Å². The van der Waals surface area contributed by atoms with Crippen LogP contribution in [0.3, 0.4) is 0 Å². The number of likely N-dealkylation sites (N-methyl/N-ethyl adjacent to an activating group) is 2. The Hall–Kier alpha value is -3.23. The minimum atomic E-state index is -1.04. The van der Waals surface area contributed by atoms with E-state index >= 15 is 0 Å². The predicted octanol–water partition coefficient (Wildman–Crippen LogP) is 0.511. The van der Waals surface area contributed by atoms with Crippen molar-refractivity contribution in [3.63, 3.8) is 0 Å². The summed E-state index contributed by atoms with van der Waals surface area (Å²) in [4.78, 5) is 62.5. The molecule has 2 rings (SSSR count). The highest BCUT2D eigenvalue weighted by Gasteiger charge is 2.44. The van der Waals surface area contributed by atoms with Crippen LogP contribution in [0.5, 0.6) is 0 Å². The molecule has 1 aliphatic heterocycles. The van der Waals surface area contributed by atoms with Gasteiger partial charge in [-0.3, -0.25) is 24.1 Å². The normalized spacial score (nSPS) is 14.0. The quantitative estimate of drug-likeness (QED) is 0.577. The van der Waals surface area contributed by atoms with Crippen molar-refractivity contribution in [1.29, 1.82) is 0 Å². The third kappa shape index (κ3) is 4.13. The number of hydrogen-bond acceptors (Lipinski definition) is 5. The van der Waals surface area contributed by atoms with Gasteiger partial charge in [-0.25, -0.2) is 9.69 Å². The number of aryl methyl sites for hydroxylation is 2. The number of carbonyl (C=O) groups excluding carboxylic acids is 5. The molecule has 1 N–H and O–H groups in total. The van der Waals surface area contributed by atoms with Crippen molar-refractivity contribution in [2.45, 2.75) is 20.8 Å². The number of rotatable bonds is 6. The van der Waals surface area contributed by atoms with Crippen molar-refractivity contribution in [1.82, 2.24) is 14.7 Å². The summed E-state index contributed by atoms with van der Waals surface area (Å²) in [6.07, 6.45) is 0. The number of carbonyl (C=O) groups is 5. The van der Waals surface area contributed by atoms with Crippen LogP contribution in [0.25, 0.3) is 0 Å². The van der Waals surface area contributed by atoms with Crippen LogP contribution in [0.2, 0.25) is 0 Å². The summed E-state index contributed by atoms with van der Waals surface area (Å²) in [5.74, 6) is -3.03. The van der Waals surface area contributed by atoms with E-state index in [4.69, 9.17) is 0 Å². The first-order chi connectivity index (χ1) is 12.7. The van der Waals surface area contributed by atoms with E-state index in [0.29, 0.717) is 10.6 Å². The molecule has 0 unspecified atom stereocenters. The highest BCUT2D eigenvalue weighted by molar-refractivity contribution is 6.45. The Morgan fingerprint density at radius 3 is 2.11 bits per heavy atom. The topological polar surface area (TPSA) is 107 Å². The Morgan fingerprint density at radius 1 is 1.04 bits per heavy atom. The van der Waals surface area contributed by atoms with E-state index in [-0.39, 0.29) is 13.1 Å². The molecule has 9 nitrogen and oxygen atoms in total. The summed E-state index contributed by atoms with van der Waals surface area (Å²) < 4.78 is 0. The molecule has 0 spiro atoms. The second-order valence-corrected chi connectivity index (χ2v) is 6.29. The van der Waals surface area contributed by atoms with Gasteiger partial charge in [0.1, 0.15) is 6.54 Å². The first-order valence-electron chi connectivity index (χ1n) is 8.44. The van der Waals surface area contributed by atoms with Gasteiger partial charge < -0.3 is 10.2 Å². The Labute approximate surface area is 156 Å². The lowest BCUT2D eigenvalue weighted by Crippen LogP contribution is -2.44. The maximum absolute atomic E-state index is 12.3. The third-order valence-electron chi connectivity index (χ3n) is 4.30. The summed E-state index contributed by atoms with van der Waals surface area (Å²) in [6, 6.07) is 4.77. The Kier molecular flexibility index (Phi) is 5.94. The third-order valence-corrected chi connectivity index (χ3v) is 4.30. The lowest BCUT2D eigenvalue weighted by molar-refractivity contribution is -0.144. The molecular weight excluding hydrogens is 352 g/mol. The first-order valence-corrected chi connectivity index (χ1v) is 8.44. The number of imide groups is 2. The largest absolute Gasteiger partial charge is 0.335 e. The van der Waals surface area contributed by atoms with Gasteiger partial charge in [0.05, 0.1) is 6.54 Å². The van der Waals surface area contributed by atoms with Crippen LogP contribution in [-0.4, -0.2) is 71.0 Å². The smallest absolute Gasteiger partial charge is 0.334 e. The lowest BCUT2D eigenvalue weighted by atomic mass is 10.1. The average molecular weight is 374 g/mol. The summed E-state index contributed by atoms with van der Waals surface area (Å²) in [5.41, 5.74) is 2.46. The van der Waals surface area contributed by atoms with Crippen LogP contribution in [-0.2, 0) is 19.2 Å². The van der Waals surface area contributed by atoms with Gasteiger partial charge in [0.2, 0.25) is 11.8 Å². The first kappa shape index (κ1) is 20.1. The molecule has 1 aromatic carbocycles. The molecule has 9 heteroatoms. The van der Waals surface area contributed by atoms with E-state index in [1.807, 2.05) is 32.0 Å². The fourth-order valence-corrected chi connectivity index (χ4v) is 2.72. The Morgan fingerprint density at radius 2 is 1.59 bits per heavy atom. The summed E-state index contributed by atoms with van der Waals surface area (Å²) in [5, 5.41) is 2.76. The van der Waals surface area contributed by atoms with Gasteiger partial charge in [0, 0.05) is 19.3 Å². The molecule has 0 saturated carbocycles. The monoisotopic (exact) mass is 374 g/mol. The molecule has 1 aromatic rings. The van der Waals surface area contributed by atoms with Crippen molar-refractivity contribution in [3.05, 3.63) is 29.3 Å². The highest BCUT2D eigenvalue weighted by atomic mass is 16.2. The van der Waals surface area contributed by atoms with Crippen LogP contribution in [0, 0.1) is 13.8 Å². The minimum Gasteiger partial charge on any atom is -0.335 e.